The summed E-state index contributed by atoms with van der Waals surface area (Å²) >= 11 is 0. The highest BCUT2D eigenvalue weighted by Gasteiger charge is 2.21. The number of guanidine groups is 1. The first-order valence-corrected chi connectivity index (χ1v) is 8.33. The van der Waals surface area contributed by atoms with E-state index in [1.807, 2.05) is 6.07 Å². The lowest BCUT2D eigenvalue weighted by Crippen LogP contribution is -2.53. The molecule has 8 nitrogen and oxygen atoms in total. The van der Waals surface area contributed by atoms with Crippen LogP contribution < -0.4 is 5.32 Å². The molecule has 8 heteroatoms. The van der Waals surface area contributed by atoms with Gasteiger partial charge in [0.15, 0.2) is 5.96 Å². The molecule has 1 fully saturated rings. The van der Waals surface area contributed by atoms with E-state index >= 15 is 0 Å². The van der Waals surface area contributed by atoms with Gasteiger partial charge < -0.3 is 19.6 Å². The molecule has 1 aromatic rings. The number of nitrogens with zero attached hydrogens (tertiary/aromatic N) is 5. The molecule has 0 atom stereocenters. The summed E-state index contributed by atoms with van der Waals surface area (Å²) in [7, 11) is 3.49. The van der Waals surface area contributed by atoms with Crippen LogP contribution >= 0.6 is 0 Å². The van der Waals surface area contributed by atoms with Crippen molar-refractivity contribution < 1.29 is 9.32 Å². The van der Waals surface area contributed by atoms with Crippen molar-refractivity contribution >= 4 is 11.9 Å². The number of carbonyl (C=O) groups is 1. The van der Waals surface area contributed by atoms with E-state index in [1.165, 1.54) is 0 Å². The lowest BCUT2D eigenvalue weighted by Gasteiger charge is -2.36. The van der Waals surface area contributed by atoms with Gasteiger partial charge in [0.1, 0.15) is 12.8 Å². The largest absolute Gasteiger partial charge is 0.364 e. The minimum Gasteiger partial charge on any atom is -0.364 e. The Balaban J connectivity index is 1.91. The topological polar surface area (TPSA) is 77.2 Å². The molecule has 2 rings (SSSR count). The lowest BCUT2D eigenvalue weighted by molar-refractivity contribution is -0.127. The first-order chi connectivity index (χ1) is 11.5. The van der Waals surface area contributed by atoms with E-state index in [1.54, 1.807) is 25.3 Å². The van der Waals surface area contributed by atoms with Gasteiger partial charge in [-0.15, -0.1) is 0 Å². The zero-order valence-corrected chi connectivity index (χ0v) is 15.0. The molecule has 0 saturated carbocycles. The fourth-order valence-corrected chi connectivity index (χ4v) is 2.45. The van der Waals surface area contributed by atoms with Crippen LogP contribution in [-0.4, -0.2) is 84.6 Å². The Morgan fingerprint density at radius 3 is 2.62 bits per heavy atom. The van der Waals surface area contributed by atoms with E-state index in [0.29, 0.717) is 0 Å². The molecule has 134 valence electrons. The Labute approximate surface area is 143 Å². The Kier molecular flexibility index (Phi) is 6.60. The van der Waals surface area contributed by atoms with Crippen LogP contribution in [0.15, 0.2) is 21.8 Å². The first kappa shape index (κ1) is 18.3. The smallest absolute Gasteiger partial charge is 0.243 e. The molecule has 0 bridgehead atoms. The number of hydrogen-bond donors (Lipinski definition) is 1. The minimum absolute atomic E-state index is 0.00252. The van der Waals surface area contributed by atoms with E-state index in [9.17, 15) is 4.79 Å². The fourth-order valence-electron chi connectivity index (χ4n) is 2.45. The number of carbonyl (C=O) groups excluding carboxylic acids is 1. The lowest BCUT2D eigenvalue weighted by atomic mass is 10.3. The quantitative estimate of drug-likeness (QED) is 0.613. The van der Waals surface area contributed by atoms with Crippen LogP contribution in [0.4, 0.5) is 0 Å². The van der Waals surface area contributed by atoms with E-state index in [4.69, 9.17) is 4.52 Å². The molecule has 0 radical (unpaired) electrons. The zero-order chi connectivity index (χ0) is 17.5. The molecule has 0 unspecified atom stereocenters. The molecule has 1 aliphatic heterocycles. The molecular formula is C16H28N6O2. The summed E-state index contributed by atoms with van der Waals surface area (Å²) in [5, 5.41) is 7.32. The molecule has 0 spiro atoms. The van der Waals surface area contributed by atoms with Gasteiger partial charge in [0.25, 0.3) is 0 Å². The third-order valence-corrected chi connectivity index (χ3v) is 3.83. The average molecular weight is 336 g/mol. The van der Waals surface area contributed by atoms with Gasteiger partial charge in [0, 0.05) is 58.9 Å². The average Bonchev–Trinajstić information content (AvgIpc) is 3.04. The molecule has 0 aromatic carbocycles. The summed E-state index contributed by atoms with van der Waals surface area (Å²) < 4.78 is 4.88. The molecule has 1 N–H and O–H groups in total. The van der Waals surface area contributed by atoms with Crippen LogP contribution in [0.2, 0.25) is 0 Å². The van der Waals surface area contributed by atoms with Crippen molar-refractivity contribution in [3.8, 4) is 0 Å². The third-order valence-electron chi connectivity index (χ3n) is 3.83. The van der Waals surface area contributed by atoms with Gasteiger partial charge in [-0.1, -0.05) is 5.16 Å². The molecule has 24 heavy (non-hydrogen) atoms. The van der Waals surface area contributed by atoms with Crippen molar-refractivity contribution in [1.82, 2.24) is 25.2 Å². The van der Waals surface area contributed by atoms with Gasteiger partial charge in [-0.05, 0) is 13.8 Å². The van der Waals surface area contributed by atoms with Gasteiger partial charge >= 0.3 is 0 Å². The van der Waals surface area contributed by atoms with E-state index < -0.39 is 0 Å². The number of likely N-dealkylation sites (N-methyl/N-ethyl adjacent to an activating group) is 1. The Morgan fingerprint density at radius 2 is 2.08 bits per heavy atom. The van der Waals surface area contributed by atoms with Gasteiger partial charge in [-0.2, -0.15) is 0 Å². The van der Waals surface area contributed by atoms with Crippen LogP contribution in [0.5, 0.6) is 0 Å². The van der Waals surface area contributed by atoms with Gasteiger partial charge in [-0.3, -0.25) is 9.69 Å². The zero-order valence-electron chi connectivity index (χ0n) is 15.0. The molecule has 1 aromatic heterocycles. The summed E-state index contributed by atoms with van der Waals surface area (Å²) in [4.78, 5) is 22.4. The highest BCUT2D eigenvalue weighted by Crippen LogP contribution is 2.07. The van der Waals surface area contributed by atoms with E-state index in [2.05, 4.69) is 39.1 Å². The molecule has 1 aliphatic rings. The summed E-state index contributed by atoms with van der Waals surface area (Å²) in [6.07, 6.45) is 1.60. The second-order valence-electron chi connectivity index (χ2n) is 6.48. The standard InChI is InChI=1S/C16H28N6O2/c1-13(2)18-16(17-11-15(23)20(3)4)22-8-6-21(7-9-22)12-14-5-10-24-19-14/h5,10,13H,6-9,11-12H2,1-4H3,(H,17,18). The van der Waals surface area contributed by atoms with Crippen LogP contribution in [0.3, 0.4) is 0 Å². The van der Waals surface area contributed by atoms with E-state index in [-0.39, 0.29) is 18.5 Å². The predicted molar refractivity (Wildman–Crippen MR) is 92.6 cm³/mol. The third kappa shape index (κ3) is 5.52. The molecule has 1 saturated heterocycles. The number of piperazine rings is 1. The van der Waals surface area contributed by atoms with Crippen molar-refractivity contribution in [2.75, 3.05) is 46.8 Å². The van der Waals surface area contributed by atoms with Crippen LogP contribution in [0.25, 0.3) is 0 Å². The van der Waals surface area contributed by atoms with Crippen molar-refractivity contribution in [2.24, 2.45) is 4.99 Å². The first-order valence-electron chi connectivity index (χ1n) is 8.33. The van der Waals surface area contributed by atoms with Crippen LogP contribution in [0.1, 0.15) is 19.5 Å². The maximum atomic E-state index is 11.8. The van der Waals surface area contributed by atoms with Crippen LogP contribution in [0, 0.1) is 0 Å². The van der Waals surface area contributed by atoms with Crippen LogP contribution in [-0.2, 0) is 11.3 Å². The minimum atomic E-state index is 0.00252. The molecular weight excluding hydrogens is 308 g/mol. The summed E-state index contributed by atoms with van der Waals surface area (Å²) in [5.41, 5.74) is 0.953. The summed E-state index contributed by atoms with van der Waals surface area (Å²) in [5.74, 6) is 0.809. The molecule has 2 heterocycles. The summed E-state index contributed by atoms with van der Waals surface area (Å²) in [6.45, 7) is 8.70. The number of hydrogen-bond acceptors (Lipinski definition) is 5. The maximum absolute atomic E-state index is 11.8. The van der Waals surface area contributed by atoms with Gasteiger partial charge in [-0.25, -0.2) is 4.99 Å². The highest BCUT2D eigenvalue weighted by atomic mass is 16.5. The van der Waals surface area contributed by atoms with Crippen molar-refractivity contribution in [3.05, 3.63) is 18.0 Å². The number of rotatable bonds is 5. The second kappa shape index (κ2) is 8.68. The maximum Gasteiger partial charge on any atom is 0.243 e. The predicted octanol–water partition coefficient (Wildman–Crippen LogP) is 0.234. The number of amides is 1. The van der Waals surface area contributed by atoms with Crippen molar-refractivity contribution in [1.29, 1.82) is 0 Å². The fraction of sp³-hybridized carbons (Fsp3) is 0.688. The summed E-state index contributed by atoms with van der Waals surface area (Å²) in [6, 6.07) is 2.17. The normalized spacial score (nSPS) is 16.5. The SMILES string of the molecule is CC(C)NC(=NCC(=O)N(C)C)N1CCN(Cc2ccon2)CC1. The van der Waals surface area contributed by atoms with Gasteiger partial charge in [0.05, 0.1) is 5.69 Å². The van der Waals surface area contributed by atoms with Crippen molar-refractivity contribution in [2.45, 2.75) is 26.4 Å². The van der Waals surface area contributed by atoms with Gasteiger partial charge in [0.2, 0.25) is 5.91 Å². The Morgan fingerprint density at radius 1 is 1.38 bits per heavy atom. The monoisotopic (exact) mass is 336 g/mol. The number of aromatic nitrogens is 1. The second-order valence-corrected chi connectivity index (χ2v) is 6.48. The number of nitrogens with one attached hydrogen (secondary N) is 1. The van der Waals surface area contributed by atoms with E-state index in [0.717, 1.165) is 44.4 Å². The Hall–Kier alpha value is -2.09. The number of aliphatic imine (C=N–C) groups is 1. The highest BCUT2D eigenvalue weighted by molar-refractivity contribution is 5.85. The molecule has 1 amide bonds. The Bertz CT molecular complexity index is 533. The molecule has 0 aliphatic carbocycles. The van der Waals surface area contributed by atoms with Crippen molar-refractivity contribution in [3.63, 3.8) is 0 Å².